The Morgan fingerprint density at radius 3 is 2.49 bits per heavy atom. The average Bonchev–Trinajstić information content (AvgIpc) is 2.84. The number of anilines is 2. The number of hydrogen-bond acceptors (Lipinski definition) is 5. The number of benzene rings is 3. The van der Waals surface area contributed by atoms with Crippen LogP contribution in [0.5, 0.6) is 5.75 Å². The number of hydrogen-bond donors (Lipinski definition) is 2. The van der Waals surface area contributed by atoms with E-state index in [9.17, 15) is 14.4 Å². The van der Waals surface area contributed by atoms with Gasteiger partial charge >= 0.3 is 0 Å². The van der Waals surface area contributed by atoms with Gasteiger partial charge < -0.3 is 10.1 Å². The number of carbonyl (C=O) groups excluding carboxylic acids is 3. The fourth-order valence-electron chi connectivity index (χ4n) is 3.62. The van der Waals surface area contributed by atoms with Crippen molar-refractivity contribution in [1.82, 2.24) is 5.32 Å². The Morgan fingerprint density at radius 1 is 1.05 bits per heavy atom. The zero-order valence-corrected chi connectivity index (χ0v) is 23.8. The van der Waals surface area contributed by atoms with E-state index in [1.165, 1.54) is 11.0 Å². The van der Waals surface area contributed by atoms with E-state index < -0.39 is 11.8 Å². The quantitative estimate of drug-likeness (QED) is 0.205. The topological polar surface area (TPSA) is 87.7 Å². The minimum Gasteiger partial charge on any atom is -0.482 e. The molecule has 1 saturated heterocycles. The van der Waals surface area contributed by atoms with Crippen molar-refractivity contribution in [1.29, 1.82) is 0 Å². The van der Waals surface area contributed by atoms with Crippen LogP contribution in [-0.4, -0.2) is 29.4 Å². The Kier molecular flexibility index (Phi) is 8.21. The summed E-state index contributed by atoms with van der Waals surface area (Å²) in [7, 11) is 0. The molecule has 0 bridgehead atoms. The van der Waals surface area contributed by atoms with Gasteiger partial charge in [-0.2, -0.15) is 0 Å². The normalized spacial score (nSPS) is 14.5. The molecule has 0 aliphatic carbocycles. The highest BCUT2D eigenvalue weighted by atomic mass is 79.9. The standard InChI is InChI=1S/C27H21Br2N3O4S/c1-15-8-9-19(10-16(15)2)30-23(33)14-36-24-17(11-18(28)13-22(24)29)12-21-25(34)31-27(37)32(26(21)35)20-6-4-3-5-7-20/h3-13H,14H2,1-2H3,(H,30,33)(H,31,34,37)/b21-12-. The first-order valence-electron chi connectivity index (χ1n) is 11.1. The molecule has 0 unspecified atom stereocenters. The largest absolute Gasteiger partial charge is 0.482 e. The zero-order chi connectivity index (χ0) is 26.7. The van der Waals surface area contributed by atoms with Crippen molar-refractivity contribution in [3.8, 4) is 5.75 Å². The minimum atomic E-state index is -0.628. The van der Waals surface area contributed by atoms with Gasteiger partial charge in [-0.15, -0.1) is 0 Å². The molecule has 0 radical (unpaired) electrons. The van der Waals surface area contributed by atoms with E-state index in [0.717, 1.165) is 11.1 Å². The SMILES string of the molecule is Cc1ccc(NC(=O)COc2c(Br)cc(Br)cc2/C=C2/C(=O)NC(=S)N(c3ccccc3)C2=O)cc1C. The molecule has 3 aromatic carbocycles. The van der Waals surface area contributed by atoms with E-state index in [0.29, 0.717) is 31.6 Å². The van der Waals surface area contributed by atoms with Gasteiger partial charge in [0.25, 0.3) is 17.7 Å². The van der Waals surface area contributed by atoms with Gasteiger partial charge in [0, 0.05) is 15.7 Å². The van der Waals surface area contributed by atoms with Crippen LogP contribution in [0.4, 0.5) is 11.4 Å². The molecular formula is C27H21Br2N3O4S. The van der Waals surface area contributed by atoms with Gasteiger partial charge in [0.2, 0.25) is 0 Å². The lowest BCUT2D eigenvalue weighted by Gasteiger charge is -2.29. The number of nitrogens with one attached hydrogen (secondary N) is 2. The molecular weight excluding hydrogens is 622 g/mol. The third kappa shape index (κ3) is 6.15. The number of aryl methyl sites for hydroxylation is 2. The van der Waals surface area contributed by atoms with Crippen LogP contribution in [0.15, 0.2) is 75.2 Å². The average molecular weight is 643 g/mol. The molecule has 3 amide bonds. The molecule has 1 aliphatic rings. The fourth-order valence-corrected chi connectivity index (χ4v) is 5.27. The van der Waals surface area contributed by atoms with Gasteiger partial charge in [0.05, 0.1) is 10.2 Å². The smallest absolute Gasteiger partial charge is 0.270 e. The van der Waals surface area contributed by atoms with E-state index in [1.807, 2.05) is 38.1 Å². The molecule has 0 atom stereocenters. The molecule has 1 heterocycles. The summed E-state index contributed by atoms with van der Waals surface area (Å²) in [5, 5.41) is 5.37. The van der Waals surface area contributed by atoms with Gasteiger partial charge in [-0.1, -0.05) is 40.2 Å². The number of nitrogens with zero attached hydrogens (tertiary/aromatic N) is 1. The summed E-state index contributed by atoms with van der Waals surface area (Å²) in [6.45, 7) is 3.67. The number of rotatable bonds is 6. The third-order valence-corrected chi connectivity index (χ3v) is 6.92. The Morgan fingerprint density at radius 2 is 1.78 bits per heavy atom. The van der Waals surface area contributed by atoms with Crippen LogP contribution >= 0.6 is 44.1 Å². The summed E-state index contributed by atoms with van der Waals surface area (Å²) in [5.41, 5.74) is 3.65. The number of carbonyl (C=O) groups is 3. The van der Waals surface area contributed by atoms with Crippen LogP contribution in [0.2, 0.25) is 0 Å². The Bertz CT molecular complexity index is 1460. The fraction of sp³-hybridized carbons (Fsp3) is 0.111. The number of ether oxygens (including phenoxy) is 1. The van der Waals surface area contributed by atoms with Gasteiger partial charge in [-0.3, -0.25) is 24.6 Å². The van der Waals surface area contributed by atoms with Gasteiger partial charge in [0.15, 0.2) is 11.7 Å². The molecule has 7 nitrogen and oxygen atoms in total. The van der Waals surface area contributed by atoms with Crippen LogP contribution in [0.3, 0.4) is 0 Å². The van der Waals surface area contributed by atoms with Crippen LogP contribution < -0.4 is 20.3 Å². The highest BCUT2D eigenvalue weighted by Gasteiger charge is 2.34. The van der Waals surface area contributed by atoms with E-state index in [-0.39, 0.29) is 23.2 Å². The molecule has 0 aromatic heterocycles. The predicted molar refractivity (Wildman–Crippen MR) is 155 cm³/mol. The van der Waals surface area contributed by atoms with Crippen molar-refractivity contribution in [2.24, 2.45) is 0 Å². The summed E-state index contributed by atoms with van der Waals surface area (Å²) >= 11 is 12.1. The first-order valence-corrected chi connectivity index (χ1v) is 13.1. The van der Waals surface area contributed by atoms with Crippen molar-refractivity contribution < 1.29 is 19.1 Å². The summed E-state index contributed by atoms with van der Waals surface area (Å²) in [6, 6.07) is 17.9. The Labute approximate surface area is 236 Å². The molecule has 188 valence electrons. The number of para-hydroxylation sites is 1. The highest BCUT2D eigenvalue weighted by molar-refractivity contribution is 9.11. The van der Waals surface area contributed by atoms with Crippen LogP contribution in [0.25, 0.3) is 6.08 Å². The van der Waals surface area contributed by atoms with E-state index >= 15 is 0 Å². The van der Waals surface area contributed by atoms with Gasteiger partial charge in [-0.25, -0.2) is 0 Å². The lowest BCUT2D eigenvalue weighted by Crippen LogP contribution is -2.54. The number of amides is 3. The second-order valence-corrected chi connectivity index (χ2v) is 10.4. The van der Waals surface area contributed by atoms with Crippen molar-refractivity contribution in [3.63, 3.8) is 0 Å². The molecule has 37 heavy (non-hydrogen) atoms. The second kappa shape index (κ2) is 11.4. The minimum absolute atomic E-state index is 0.00624. The van der Waals surface area contributed by atoms with Crippen molar-refractivity contribution in [2.75, 3.05) is 16.8 Å². The third-order valence-electron chi connectivity index (χ3n) is 5.59. The molecule has 3 aromatic rings. The maximum atomic E-state index is 13.3. The molecule has 0 saturated carbocycles. The number of halogens is 2. The van der Waals surface area contributed by atoms with Crippen molar-refractivity contribution in [2.45, 2.75) is 13.8 Å². The van der Waals surface area contributed by atoms with Gasteiger partial charge in [-0.05, 0) is 95.6 Å². The zero-order valence-electron chi connectivity index (χ0n) is 19.8. The van der Waals surface area contributed by atoms with Crippen LogP contribution in [0, 0.1) is 13.8 Å². The summed E-state index contributed by atoms with van der Waals surface area (Å²) < 4.78 is 7.06. The first kappa shape index (κ1) is 26.7. The van der Waals surface area contributed by atoms with E-state index in [4.69, 9.17) is 17.0 Å². The Hall–Kier alpha value is -3.34. The Balaban J connectivity index is 1.61. The highest BCUT2D eigenvalue weighted by Crippen LogP contribution is 2.35. The summed E-state index contributed by atoms with van der Waals surface area (Å²) in [4.78, 5) is 39.9. The van der Waals surface area contributed by atoms with Crippen LogP contribution in [0.1, 0.15) is 16.7 Å². The molecule has 2 N–H and O–H groups in total. The van der Waals surface area contributed by atoms with E-state index in [2.05, 4.69) is 42.5 Å². The molecule has 1 aliphatic heterocycles. The monoisotopic (exact) mass is 641 g/mol. The van der Waals surface area contributed by atoms with Crippen molar-refractivity contribution in [3.05, 3.63) is 91.9 Å². The lowest BCUT2D eigenvalue weighted by molar-refractivity contribution is -0.122. The van der Waals surface area contributed by atoms with E-state index in [1.54, 1.807) is 36.4 Å². The van der Waals surface area contributed by atoms with Crippen molar-refractivity contribution >= 4 is 84.4 Å². The maximum Gasteiger partial charge on any atom is 0.270 e. The second-order valence-electron chi connectivity index (χ2n) is 8.24. The molecule has 10 heteroatoms. The summed E-state index contributed by atoms with van der Waals surface area (Å²) in [5.74, 6) is -1.26. The van der Waals surface area contributed by atoms with Crippen LogP contribution in [-0.2, 0) is 14.4 Å². The molecule has 4 rings (SSSR count). The predicted octanol–water partition coefficient (Wildman–Crippen LogP) is 5.68. The number of thiocarbonyl (C=S) groups is 1. The maximum absolute atomic E-state index is 13.3. The first-order chi connectivity index (χ1) is 17.6. The molecule has 1 fully saturated rings. The lowest BCUT2D eigenvalue weighted by atomic mass is 10.1. The van der Waals surface area contributed by atoms with Gasteiger partial charge in [0.1, 0.15) is 11.3 Å². The molecule has 0 spiro atoms. The summed E-state index contributed by atoms with van der Waals surface area (Å²) in [6.07, 6.45) is 1.42.